The highest BCUT2D eigenvalue weighted by atomic mass is 32.2. The Kier molecular flexibility index (Phi) is 5.05. The minimum Gasteiger partial charge on any atom is -0.504 e. The zero-order valence-electron chi connectivity index (χ0n) is 12.6. The van der Waals surface area contributed by atoms with Gasteiger partial charge in [0.25, 0.3) is 10.0 Å². The summed E-state index contributed by atoms with van der Waals surface area (Å²) in [7, 11) is -3.87. The molecule has 0 saturated carbocycles. The number of benzene rings is 2. The fraction of sp³-hybridized carbons (Fsp3) is 0.0667. The van der Waals surface area contributed by atoms with E-state index < -0.39 is 10.0 Å². The monoisotopic (exact) mass is 349 g/mol. The van der Waals surface area contributed by atoms with Gasteiger partial charge >= 0.3 is 0 Å². The maximum absolute atomic E-state index is 12.1. The van der Waals surface area contributed by atoms with Gasteiger partial charge in [-0.15, -0.1) is 0 Å². The Labute approximate surface area is 138 Å². The van der Waals surface area contributed by atoms with Gasteiger partial charge < -0.3 is 15.5 Å². The lowest BCUT2D eigenvalue weighted by Gasteiger charge is -2.05. The number of aromatic hydroxyl groups is 2. The molecule has 0 aliphatic carbocycles. The molecule has 2 aromatic rings. The highest BCUT2D eigenvalue weighted by Gasteiger charge is 2.12. The summed E-state index contributed by atoms with van der Waals surface area (Å²) >= 11 is 0. The summed E-state index contributed by atoms with van der Waals surface area (Å²) in [4.78, 5) is 12.9. The van der Waals surface area contributed by atoms with Gasteiger partial charge in [-0.2, -0.15) is 13.5 Å². The molecule has 9 heteroatoms. The lowest BCUT2D eigenvalue weighted by molar-refractivity contribution is -0.114. The molecule has 126 valence electrons. The number of hydrazone groups is 1. The van der Waals surface area contributed by atoms with Crippen molar-refractivity contribution in [3.63, 3.8) is 0 Å². The van der Waals surface area contributed by atoms with Crippen LogP contribution in [0.5, 0.6) is 11.5 Å². The molecule has 0 radical (unpaired) electrons. The van der Waals surface area contributed by atoms with Crippen LogP contribution in [-0.4, -0.2) is 30.8 Å². The van der Waals surface area contributed by atoms with E-state index in [1.807, 2.05) is 4.83 Å². The molecule has 0 saturated heterocycles. The van der Waals surface area contributed by atoms with E-state index in [0.717, 1.165) is 0 Å². The summed E-state index contributed by atoms with van der Waals surface area (Å²) < 4.78 is 24.2. The summed E-state index contributed by atoms with van der Waals surface area (Å²) in [6, 6.07) is 9.51. The van der Waals surface area contributed by atoms with Crippen LogP contribution in [0.1, 0.15) is 12.5 Å². The van der Waals surface area contributed by atoms with Crippen molar-refractivity contribution in [2.75, 3.05) is 5.32 Å². The van der Waals surface area contributed by atoms with Gasteiger partial charge in [-0.25, -0.2) is 4.83 Å². The average molecular weight is 349 g/mol. The molecule has 0 unspecified atom stereocenters. The number of nitrogens with one attached hydrogen (secondary N) is 2. The largest absolute Gasteiger partial charge is 0.504 e. The number of carbonyl (C=O) groups is 1. The van der Waals surface area contributed by atoms with E-state index >= 15 is 0 Å². The number of nitrogens with zero attached hydrogens (tertiary/aromatic N) is 1. The van der Waals surface area contributed by atoms with Crippen molar-refractivity contribution < 1.29 is 23.4 Å². The fourth-order valence-electron chi connectivity index (χ4n) is 1.76. The lowest BCUT2D eigenvalue weighted by atomic mass is 10.2. The summed E-state index contributed by atoms with van der Waals surface area (Å²) in [6.07, 6.45) is 1.18. The van der Waals surface area contributed by atoms with Crippen LogP contribution < -0.4 is 10.1 Å². The Morgan fingerprint density at radius 2 is 1.75 bits per heavy atom. The van der Waals surface area contributed by atoms with E-state index in [4.69, 9.17) is 0 Å². The van der Waals surface area contributed by atoms with E-state index in [2.05, 4.69) is 10.4 Å². The molecule has 0 aliphatic rings. The number of sulfonamides is 1. The Morgan fingerprint density at radius 3 is 2.33 bits per heavy atom. The molecule has 0 aromatic heterocycles. The van der Waals surface area contributed by atoms with E-state index in [1.165, 1.54) is 55.6 Å². The van der Waals surface area contributed by atoms with Crippen LogP contribution in [0.15, 0.2) is 52.5 Å². The fourth-order valence-corrected chi connectivity index (χ4v) is 2.56. The molecule has 1 amide bonds. The van der Waals surface area contributed by atoms with E-state index in [-0.39, 0.29) is 22.3 Å². The predicted octanol–water partition coefficient (Wildman–Crippen LogP) is 1.37. The van der Waals surface area contributed by atoms with Gasteiger partial charge in [-0.3, -0.25) is 4.79 Å². The molecular weight excluding hydrogens is 334 g/mol. The second-order valence-electron chi connectivity index (χ2n) is 4.81. The first-order valence-corrected chi connectivity index (χ1v) is 8.21. The molecule has 0 bridgehead atoms. The van der Waals surface area contributed by atoms with Gasteiger partial charge in [0.05, 0.1) is 11.1 Å². The minimum absolute atomic E-state index is 0.0256. The number of amides is 1. The second kappa shape index (κ2) is 7.01. The van der Waals surface area contributed by atoms with Crippen molar-refractivity contribution in [3.8, 4) is 11.5 Å². The summed E-state index contributed by atoms with van der Waals surface area (Å²) in [5, 5.41) is 24.7. The highest BCUT2D eigenvalue weighted by molar-refractivity contribution is 7.89. The maximum Gasteiger partial charge on any atom is 0.276 e. The number of phenols is 2. The third-order valence-electron chi connectivity index (χ3n) is 2.87. The van der Waals surface area contributed by atoms with Crippen LogP contribution in [-0.2, 0) is 14.8 Å². The minimum atomic E-state index is -3.87. The molecule has 8 nitrogen and oxygen atoms in total. The number of hydrogen-bond donors (Lipinski definition) is 4. The van der Waals surface area contributed by atoms with Crippen molar-refractivity contribution in [1.82, 2.24) is 4.83 Å². The van der Waals surface area contributed by atoms with Crippen molar-refractivity contribution in [2.45, 2.75) is 11.8 Å². The number of rotatable bonds is 5. The van der Waals surface area contributed by atoms with Gasteiger partial charge in [0.2, 0.25) is 5.91 Å². The molecule has 4 N–H and O–H groups in total. The first-order chi connectivity index (χ1) is 11.3. The molecule has 2 rings (SSSR count). The Morgan fingerprint density at radius 1 is 1.08 bits per heavy atom. The third-order valence-corrected chi connectivity index (χ3v) is 4.11. The van der Waals surface area contributed by atoms with E-state index in [9.17, 15) is 23.4 Å². The van der Waals surface area contributed by atoms with Crippen LogP contribution in [0.25, 0.3) is 0 Å². The second-order valence-corrected chi connectivity index (χ2v) is 6.47. The molecular formula is C15H15N3O5S. The topological polar surface area (TPSA) is 128 Å². The maximum atomic E-state index is 12.1. The molecule has 0 atom stereocenters. The molecule has 0 aliphatic heterocycles. The van der Waals surface area contributed by atoms with E-state index in [1.54, 1.807) is 0 Å². The summed E-state index contributed by atoms with van der Waals surface area (Å²) in [6.45, 7) is 1.35. The van der Waals surface area contributed by atoms with Crippen LogP contribution in [0, 0.1) is 0 Å². The van der Waals surface area contributed by atoms with Gasteiger partial charge in [0.1, 0.15) is 0 Å². The Balaban J connectivity index is 2.08. The molecule has 24 heavy (non-hydrogen) atoms. The molecule has 0 spiro atoms. The van der Waals surface area contributed by atoms with Gasteiger partial charge in [0, 0.05) is 12.6 Å². The quantitative estimate of drug-likeness (QED) is 0.368. The first kappa shape index (κ1) is 17.3. The third kappa shape index (κ3) is 4.46. The average Bonchev–Trinajstić information content (AvgIpc) is 2.50. The first-order valence-electron chi connectivity index (χ1n) is 6.72. The van der Waals surface area contributed by atoms with Crippen LogP contribution >= 0.6 is 0 Å². The molecule has 0 heterocycles. The molecule has 2 aromatic carbocycles. The standard InChI is InChI=1S/C15H15N3O5S/c1-10(19)17-12-3-5-13(6-4-12)24(22,23)18-16-9-11-2-7-14(20)15(21)8-11/h2-9,18,20-21H,1H3,(H,17,19)/b16-9-. The van der Waals surface area contributed by atoms with Crippen LogP contribution in [0.2, 0.25) is 0 Å². The van der Waals surface area contributed by atoms with Crippen molar-refractivity contribution in [2.24, 2.45) is 5.10 Å². The summed E-state index contributed by atoms with van der Waals surface area (Å²) in [5.41, 5.74) is 0.874. The molecule has 0 fully saturated rings. The number of hydrogen-bond acceptors (Lipinski definition) is 6. The number of carbonyl (C=O) groups excluding carboxylic acids is 1. The van der Waals surface area contributed by atoms with Gasteiger partial charge in [-0.1, -0.05) is 0 Å². The normalized spacial score (nSPS) is 11.4. The summed E-state index contributed by atoms with van der Waals surface area (Å²) in [5.74, 6) is -0.882. The van der Waals surface area contributed by atoms with Crippen molar-refractivity contribution in [3.05, 3.63) is 48.0 Å². The van der Waals surface area contributed by atoms with Gasteiger partial charge in [-0.05, 0) is 48.0 Å². The SMILES string of the molecule is CC(=O)Nc1ccc(S(=O)(=O)N/N=C\c2ccc(O)c(O)c2)cc1. The van der Waals surface area contributed by atoms with Gasteiger partial charge in [0.15, 0.2) is 11.5 Å². The van der Waals surface area contributed by atoms with E-state index in [0.29, 0.717) is 11.3 Å². The zero-order chi connectivity index (χ0) is 17.7. The number of anilines is 1. The van der Waals surface area contributed by atoms with Crippen molar-refractivity contribution >= 4 is 27.8 Å². The van der Waals surface area contributed by atoms with Crippen LogP contribution in [0.3, 0.4) is 0 Å². The Hall–Kier alpha value is -3.07. The smallest absolute Gasteiger partial charge is 0.276 e. The van der Waals surface area contributed by atoms with Crippen molar-refractivity contribution in [1.29, 1.82) is 0 Å². The predicted molar refractivity (Wildman–Crippen MR) is 88.4 cm³/mol. The lowest BCUT2D eigenvalue weighted by Crippen LogP contribution is -2.18. The zero-order valence-corrected chi connectivity index (χ0v) is 13.4. The van der Waals surface area contributed by atoms with Crippen LogP contribution in [0.4, 0.5) is 5.69 Å². The highest BCUT2D eigenvalue weighted by Crippen LogP contribution is 2.24. The number of phenolic OH excluding ortho intramolecular Hbond substituents is 2. The Bertz CT molecular complexity index is 876.